The van der Waals surface area contributed by atoms with Gasteiger partial charge in [-0.3, -0.25) is 14.4 Å². The number of halogens is 1. The van der Waals surface area contributed by atoms with Gasteiger partial charge in [0.25, 0.3) is 5.91 Å². The number of nitrogens with zero attached hydrogens (tertiary/aromatic N) is 3. The van der Waals surface area contributed by atoms with E-state index in [2.05, 4.69) is 36.8 Å². The summed E-state index contributed by atoms with van der Waals surface area (Å²) in [5, 5.41) is 14.8. The zero-order valence-electron chi connectivity index (χ0n) is 19.0. The number of nitrogens with one attached hydrogen (secondary N) is 2. The standard InChI is InChI=1S/C24H24BrN5O4S/c1-2-34-19-8-6-18(7-9-19)30-14-16(13-21(30)31)23(33)27-24-29-28-20(35-24)10-11-26-22(32)15-4-3-5-17(25)12-15/h3-9,12,16H,2,10-11,13-14H2,1H3,(H,26,32)(H,27,29,33). The average molecular weight is 558 g/mol. The number of benzene rings is 2. The van der Waals surface area contributed by atoms with E-state index in [0.29, 0.717) is 41.8 Å². The van der Waals surface area contributed by atoms with E-state index in [1.54, 1.807) is 23.1 Å². The van der Waals surface area contributed by atoms with E-state index in [9.17, 15) is 14.4 Å². The second-order valence-electron chi connectivity index (χ2n) is 7.84. The first kappa shape index (κ1) is 24.8. The van der Waals surface area contributed by atoms with Crippen molar-refractivity contribution in [3.05, 3.63) is 63.6 Å². The van der Waals surface area contributed by atoms with E-state index in [-0.39, 0.29) is 24.1 Å². The van der Waals surface area contributed by atoms with Crippen LogP contribution in [0.1, 0.15) is 28.7 Å². The highest BCUT2D eigenvalue weighted by molar-refractivity contribution is 9.10. The molecule has 0 bridgehead atoms. The smallest absolute Gasteiger partial charge is 0.251 e. The van der Waals surface area contributed by atoms with E-state index >= 15 is 0 Å². The van der Waals surface area contributed by atoms with Crippen LogP contribution in [-0.4, -0.2) is 47.6 Å². The van der Waals surface area contributed by atoms with Crippen LogP contribution in [0.15, 0.2) is 53.0 Å². The number of hydrogen-bond acceptors (Lipinski definition) is 7. The number of ether oxygens (including phenoxy) is 1. The normalized spacial score (nSPS) is 15.2. The zero-order valence-corrected chi connectivity index (χ0v) is 21.4. The fourth-order valence-electron chi connectivity index (χ4n) is 3.65. The first-order valence-corrected chi connectivity index (χ1v) is 12.7. The summed E-state index contributed by atoms with van der Waals surface area (Å²) in [7, 11) is 0. The molecule has 3 aromatic rings. The molecule has 2 heterocycles. The molecule has 9 nitrogen and oxygen atoms in total. The Bertz CT molecular complexity index is 1220. The molecule has 4 rings (SSSR count). The molecule has 1 unspecified atom stereocenters. The molecular formula is C24H24BrN5O4S. The summed E-state index contributed by atoms with van der Waals surface area (Å²) < 4.78 is 6.27. The predicted molar refractivity (Wildman–Crippen MR) is 137 cm³/mol. The van der Waals surface area contributed by atoms with Crippen LogP contribution in [0.25, 0.3) is 0 Å². The van der Waals surface area contributed by atoms with E-state index in [1.807, 2.05) is 37.3 Å². The molecule has 2 N–H and O–H groups in total. The van der Waals surface area contributed by atoms with Crippen LogP contribution in [-0.2, 0) is 16.0 Å². The highest BCUT2D eigenvalue weighted by Gasteiger charge is 2.35. The second kappa shape index (κ2) is 11.4. The number of carbonyl (C=O) groups excluding carboxylic acids is 3. The van der Waals surface area contributed by atoms with Crippen molar-refractivity contribution in [1.82, 2.24) is 15.5 Å². The van der Waals surface area contributed by atoms with Gasteiger partial charge < -0.3 is 20.3 Å². The van der Waals surface area contributed by atoms with Gasteiger partial charge in [0.2, 0.25) is 16.9 Å². The van der Waals surface area contributed by atoms with E-state index < -0.39 is 5.92 Å². The monoisotopic (exact) mass is 557 g/mol. The first-order chi connectivity index (χ1) is 16.9. The molecule has 1 fully saturated rings. The molecule has 182 valence electrons. The molecule has 11 heteroatoms. The summed E-state index contributed by atoms with van der Waals surface area (Å²) in [6.07, 6.45) is 0.618. The third-order valence-electron chi connectivity index (χ3n) is 5.36. The Kier molecular flexibility index (Phi) is 8.09. The van der Waals surface area contributed by atoms with Crippen molar-refractivity contribution in [1.29, 1.82) is 0 Å². The predicted octanol–water partition coefficient (Wildman–Crippen LogP) is 3.66. The lowest BCUT2D eigenvalue weighted by molar-refractivity contribution is -0.122. The third kappa shape index (κ3) is 6.43. The lowest BCUT2D eigenvalue weighted by atomic mass is 10.1. The molecule has 1 aromatic heterocycles. The van der Waals surface area contributed by atoms with Gasteiger partial charge in [0.1, 0.15) is 10.8 Å². The molecule has 1 saturated heterocycles. The molecular weight excluding hydrogens is 534 g/mol. The van der Waals surface area contributed by atoms with Crippen LogP contribution in [0.4, 0.5) is 10.8 Å². The fraction of sp³-hybridized carbons (Fsp3) is 0.292. The van der Waals surface area contributed by atoms with Gasteiger partial charge in [0, 0.05) is 41.7 Å². The van der Waals surface area contributed by atoms with Gasteiger partial charge in [-0.15, -0.1) is 10.2 Å². The van der Waals surface area contributed by atoms with Crippen LogP contribution in [0.3, 0.4) is 0 Å². The Morgan fingerprint density at radius 3 is 2.74 bits per heavy atom. The Morgan fingerprint density at radius 1 is 1.20 bits per heavy atom. The average Bonchev–Trinajstić information content (AvgIpc) is 3.46. The summed E-state index contributed by atoms with van der Waals surface area (Å²) >= 11 is 4.60. The highest BCUT2D eigenvalue weighted by atomic mass is 79.9. The van der Waals surface area contributed by atoms with Crippen molar-refractivity contribution in [3.63, 3.8) is 0 Å². The number of anilines is 2. The molecule has 3 amide bonds. The lowest BCUT2D eigenvalue weighted by Crippen LogP contribution is -2.28. The zero-order chi connectivity index (χ0) is 24.8. The molecule has 35 heavy (non-hydrogen) atoms. The maximum absolute atomic E-state index is 12.7. The van der Waals surface area contributed by atoms with Gasteiger partial charge >= 0.3 is 0 Å². The summed E-state index contributed by atoms with van der Waals surface area (Å²) in [6.45, 7) is 3.16. The summed E-state index contributed by atoms with van der Waals surface area (Å²) in [5.74, 6) is -0.291. The summed E-state index contributed by atoms with van der Waals surface area (Å²) in [4.78, 5) is 39.1. The minimum absolute atomic E-state index is 0.103. The SMILES string of the molecule is CCOc1ccc(N2CC(C(=O)Nc3nnc(CCNC(=O)c4cccc(Br)c4)s3)CC2=O)cc1. The number of aromatic nitrogens is 2. The second-order valence-corrected chi connectivity index (χ2v) is 9.82. The third-order valence-corrected chi connectivity index (χ3v) is 6.76. The van der Waals surface area contributed by atoms with Gasteiger partial charge in [-0.05, 0) is 49.4 Å². The number of rotatable bonds is 9. The molecule has 1 aliphatic rings. The molecule has 1 atom stereocenters. The maximum Gasteiger partial charge on any atom is 0.251 e. The van der Waals surface area contributed by atoms with E-state index in [4.69, 9.17) is 4.74 Å². The molecule has 2 aromatic carbocycles. The lowest BCUT2D eigenvalue weighted by Gasteiger charge is -2.17. The van der Waals surface area contributed by atoms with Crippen LogP contribution in [0.5, 0.6) is 5.75 Å². The van der Waals surface area contributed by atoms with Crippen molar-refractivity contribution in [2.24, 2.45) is 5.92 Å². The Hall–Kier alpha value is -3.31. The summed E-state index contributed by atoms with van der Waals surface area (Å²) in [5.41, 5.74) is 1.30. The minimum atomic E-state index is -0.481. The Morgan fingerprint density at radius 2 is 2.00 bits per heavy atom. The number of hydrogen-bond donors (Lipinski definition) is 2. The quantitative estimate of drug-likeness (QED) is 0.415. The largest absolute Gasteiger partial charge is 0.494 e. The first-order valence-electron chi connectivity index (χ1n) is 11.1. The van der Waals surface area contributed by atoms with Crippen molar-refractivity contribution >= 4 is 55.8 Å². The van der Waals surface area contributed by atoms with Gasteiger partial charge in [0.15, 0.2) is 0 Å². The molecule has 0 saturated carbocycles. The van der Waals surface area contributed by atoms with E-state index in [0.717, 1.165) is 15.9 Å². The van der Waals surface area contributed by atoms with Crippen LogP contribution < -0.4 is 20.3 Å². The van der Waals surface area contributed by atoms with Gasteiger partial charge in [-0.25, -0.2) is 0 Å². The van der Waals surface area contributed by atoms with E-state index in [1.165, 1.54) is 11.3 Å². The molecule has 0 spiro atoms. The maximum atomic E-state index is 12.7. The topological polar surface area (TPSA) is 114 Å². The molecule has 0 radical (unpaired) electrons. The number of carbonyl (C=O) groups is 3. The molecule has 0 aliphatic carbocycles. The molecule has 1 aliphatic heterocycles. The summed E-state index contributed by atoms with van der Waals surface area (Å²) in [6, 6.07) is 14.4. The Labute approximate surface area is 215 Å². The van der Waals surface area contributed by atoms with Crippen LogP contribution in [0.2, 0.25) is 0 Å². The van der Waals surface area contributed by atoms with Gasteiger partial charge in [0.05, 0.1) is 12.5 Å². The van der Waals surface area contributed by atoms with Crippen LogP contribution >= 0.6 is 27.3 Å². The van der Waals surface area contributed by atoms with Gasteiger partial charge in [-0.2, -0.15) is 0 Å². The highest BCUT2D eigenvalue weighted by Crippen LogP contribution is 2.28. The van der Waals surface area contributed by atoms with Crippen LogP contribution in [0, 0.1) is 5.92 Å². The fourth-order valence-corrected chi connectivity index (χ4v) is 4.79. The van der Waals surface area contributed by atoms with Gasteiger partial charge in [-0.1, -0.05) is 33.3 Å². The van der Waals surface area contributed by atoms with Crippen molar-refractivity contribution in [2.45, 2.75) is 19.8 Å². The number of amides is 3. The van der Waals surface area contributed by atoms with Crippen molar-refractivity contribution in [3.8, 4) is 5.75 Å². The minimum Gasteiger partial charge on any atom is -0.494 e. The Balaban J connectivity index is 1.26. The van der Waals surface area contributed by atoms with Crippen molar-refractivity contribution in [2.75, 3.05) is 29.9 Å². The van der Waals surface area contributed by atoms with Crippen molar-refractivity contribution < 1.29 is 19.1 Å².